The average Bonchev–Trinajstić information content (AvgIpc) is 3.44. The Hall–Kier alpha value is -3.03. The maximum absolute atomic E-state index is 12.8. The van der Waals surface area contributed by atoms with Crippen molar-refractivity contribution in [3.8, 4) is 11.4 Å². The van der Waals surface area contributed by atoms with E-state index < -0.39 is 0 Å². The highest BCUT2D eigenvalue weighted by Gasteiger charge is 2.26. The first-order valence-electron chi connectivity index (χ1n) is 10.2. The van der Waals surface area contributed by atoms with Gasteiger partial charge in [0.2, 0.25) is 5.91 Å². The SMILES string of the molecule is O=C(Nc1ccc(-c2nc3ccccc3[nH]2)cc1)C1CCCN(Cc2nccs2)C1. The number of piperidine rings is 1. The van der Waals surface area contributed by atoms with E-state index in [-0.39, 0.29) is 11.8 Å². The second-order valence-corrected chi connectivity index (χ2v) is 8.65. The predicted molar refractivity (Wildman–Crippen MR) is 120 cm³/mol. The highest BCUT2D eigenvalue weighted by molar-refractivity contribution is 7.09. The lowest BCUT2D eigenvalue weighted by Crippen LogP contribution is -2.40. The van der Waals surface area contributed by atoms with Crippen LogP contribution in [0.3, 0.4) is 0 Å². The summed E-state index contributed by atoms with van der Waals surface area (Å²) in [4.78, 5) is 27.5. The molecular weight excluding hydrogens is 394 g/mol. The molecule has 1 amide bonds. The van der Waals surface area contributed by atoms with Crippen molar-refractivity contribution < 1.29 is 4.79 Å². The normalized spacial score (nSPS) is 17.3. The van der Waals surface area contributed by atoms with Crippen LogP contribution in [0.4, 0.5) is 5.69 Å². The van der Waals surface area contributed by atoms with Gasteiger partial charge in [-0.3, -0.25) is 9.69 Å². The molecule has 1 aliphatic rings. The Morgan fingerprint density at radius 3 is 2.87 bits per heavy atom. The van der Waals surface area contributed by atoms with Gasteiger partial charge in [-0.25, -0.2) is 9.97 Å². The minimum absolute atomic E-state index is 0.00811. The van der Waals surface area contributed by atoms with Crippen LogP contribution >= 0.6 is 11.3 Å². The van der Waals surface area contributed by atoms with Gasteiger partial charge in [0.05, 0.1) is 23.5 Å². The van der Waals surface area contributed by atoms with E-state index in [9.17, 15) is 4.79 Å². The summed E-state index contributed by atoms with van der Waals surface area (Å²) in [6, 6.07) is 15.8. The lowest BCUT2D eigenvalue weighted by molar-refractivity contribution is -0.121. The fourth-order valence-electron chi connectivity index (χ4n) is 3.98. The first-order chi connectivity index (χ1) is 14.7. The van der Waals surface area contributed by atoms with Crippen LogP contribution < -0.4 is 5.32 Å². The van der Waals surface area contributed by atoms with Crippen LogP contribution in [-0.4, -0.2) is 38.8 Å². The zero-order chi connectivity index (χ0) is 20.3. The van der Waals surface area contributed by atoms with Crippen molar-refractivity contribution in [3.05, 3.63) is 65.1 Å². The molecule has 152 valence electrons. The second-order valence-electron chi connectivity index (χ2n) is 7.67. The van der Waals surface area contributed by atoms with Crippen molar-refractivity contribution in [2.24, 2.45) is 5.92 Å². The smallest absolute Gasteiger partial charge is 0.228 e. The number of likely N-dealkylation sites (tertiary alicyclic amines) is 1. The Labute approximate surface area is 179 Å². The highest BCUT2D eigenvalue weighted by atomic mass is 32.1. The van der Waals surface area contributed by atoms with Gasteiger partial charge in [-0.05, 0) is 55.8 Å². The molecule has 7 heteroatoms. The van der Waals surface area contributed by atoms with Gasteiger partial charge >= 0.3 is 0 Å². The third-order valence-electron chi connectivity index (χ3n) is 5.53. The first kappa shape index (κ1) is 19.0. The number of H-pyrrole nitrogens is 1. The number of nitrogens with one attached hydrogen (secondary N) is 2. The van der Waals surface area contributed by atoms with Gasteiger partial charge in [0.1, 0.15) is 10.8 Å². The van der Waals surface area contributed by atoms with Crippen LogP contribution in [0.2, 0.25) is 0 Å². The molecule has 0 spiro atoms. The molecule has 0 aliphatic carbocycles. The topological polar surface area (TPSA) is 73.9 Å². The van der Waals surface area contributed by atoms with Crippen LogP contribution in [0.1, 0.15) is 17.8 Å². The number of anilines is 1. The number of benzene rings is 2. The first-order valence-corrected chi connectivity index (χ1v) is 11.1. The Kier molecular flexibility index (Phi) is 5.29. The van der Waals surface area contributed by atoms with Crippen LogP contribution in [0.15, 0.2) is 60.1 Å². The van der Waals surface area contributed by atoms with Gasteiger partial charge in [0.25, 0.3) is 0 Å². The van der Waals surface area contributed by atoms with Crippen molar-refractivity contribution in [3.63, 3.8) is 0 Å². The van der Waals surface area contributed by atoms with E-state index in [1.807, 2.05) is 60.1 Å². The summed E-state index contributed by atoms with van der Waals surface area (Å²) in [6.45, 7) is 2.63. The molecule has 1 atom stereocenters. The molecule has 1 fully saturated rings. The number of nitrogens with zero attached hydrogens (tertiary/aromatic N) is 3. The molecule has 0 bridgehead atoms. The number of para-hydroxylation sites is 2. The Morgan fingerprint density at radius 2 is 2.07 bits per heavy atom. The minimum Gasteiger partial charge on any atom is -0.338 e. The predicted octanol–water partition coefficient (Wildman–Crippen LogP) is 4.54. The van der Waals surface area contributed by atoms with E-state index in [4.69, 9.17) is 0 Å². The molecule has 4 aromatic rings. The zero-order valence-electron chi connectivity index (χ0n) is 16.5. The largest absolute Gasteiger partial charge is 0.338 e. The lowest BCUT2D eigenvalue weighted by atomic mass is 9.97. The fourth-order valence-corrected chi connectivity index (χ4v) is 4.64. The maximum atomic E-state index is 12.8. The third kappa shape index (κ3) is 4.13. The van der Waals surface area contributed by atoms with Crippen LogP contribution in [-0.2, 0) is 11.3 Å². The highest BCUT2D eigenvalue weighted by Crippen LogP contribution is 2.24. The average molecular weight is 418 g/mol. The van der Waals surface area contributed by atoms with E-state index in [0.717, 1.165) is 65.6 Å². The summed E-state index contributed by atoms with van der Waals surface area (Å²) < 4.78 is 0. The number of thiazole rings is 1. The van der Waals surface area contributed by atoms with Crippen molar-refractivity contribution in [1.82, 2.24) is 19.9 Å². The summed E-state index contributed by atoms with van der Waals surface area (Å²) >= 11 is 1.67. The van der Waals surface area contributed by atoms with E-state index in [0.29, 0.717) is 0 Å². The van der Waals surface area contributed by atoms with Crippen LogP contribution in [0.5, 0.6) is 0 Å². The molecule has 0 radical (unpaired) electrons. The number of aromatic amines is 1. The van der Waals surface area contributed by atoms with E-state index >= 15 is 0 Å². The molecule has 5 rings (SSSR count). The molecule has 1 unspecified atom stereocenters. The summed E-state index contributed by atoms with van der Waals surface area (Å²) in [6.07, 6.45) is 3.80. The van der Waals surface area contributed by atoms with Crippen molar-refractivity contribution in [1.29, 1.82) is 0 Å². The summed E-state index contributed by atoms with van der Waals surface area (Å²) in [7, 11) is 0. The van der Waals surface area contributed by atoms with Crippen molar-refractivity contribution in [2.45, 2.75) is 19.4 Å². The molecule has 2 aromatic heterocycles. The standard InChI is InChI=1S/C23H23N5OS/c29-23(17-4-3-12-28(14-17)15-21-24-11-13-30-21)25-18-9-7-16(8-10-18)22-26-19-5-1-2-6-20(19)27-22/h1-2,5-11,13,17H,3-4,12,14-15H2,(H,25,29)(H,26,27). The zero-order valence-corrected chi connectivity index (χ0v) is 17.4. The lowest BCUT2D eigenvalue weighted by Gasteiger charge is -2.31. The monoisotopic (exact) mass is 417 g/mol. The van der Waals surface area contributed by atoms with Gasteiger partial charge in [-0.1, -0.05) is 12.1 Å². The molecular formula is C23H23N5OS. The Balaban J connectivity index is 1.22. The molecule has 30 heavy (non-hydrogen) atoms. The van der Waals surface area contributed by atoms with Crippen molar-refractivity contribution >= 4 is 34.0 Å². The molecule has 1 saturated heterocycles. The number of carbonyl (C=O) groups excluding carboxylic acids is 1. The quantitative estimate of drug-likeness (QED) is 0.500. The number of hydrogen-bond donors (Lipinski definition) is 2. The van der Waals surface area contributed by atoms with Gasteiger partial charge in [-0.15, -0.1) is 11.3 Å². The van der Waals surface area contributed by atoms with Crippen LogP contribution in [0.25, 0.3) is 22.4 Å². The molecule has 6 nitrogen and oxygen atoms in total. The number of amides is 1. The minimum atomic E-state index is 0.00811. The van der Waals surface area contributed by atoms with Gasteiger partial charge in [0, 0.05) is 29.4 Å². The Bertz CT molecular complexity index is 1100. The second kappa shape index (κ2) is 8.38. The summed E-state index contributed by atoms with van der Waals surface area (Å²) in [5, 5.41) is 6.19. The number of aromatic nitrogens is 3. The maximum Gasteiger partial charge on any atom is 0.228 e. The van der Waals surface area contributed by atoms with Gasteiger partial charge in [0.15, 0.2) is 0 Å². The summed E-state index contributed by atoms with van der Waals surface area (Å²) in [5.74, 6) is 0.934. The van der Waals surface area contributed by atoms with E-state index in [1.165, 1.54) is 0 Å². The fraction of sp³-hybridized carbons (Fsp3) is 0.261. The van der Waals surface area contributed by atoms with Gasteiger partial charge < -0.3 is 10.3 Å². The van der Waals surface area contributed by atoms with E-state index in [2.05, 4.69) is 25.2 Å². The third-order valence-corrected chi connectivity index (χ3v) is 6.30. The van der Waals surface area contributed by atoms with Crippen molar-refractivity contribution in [2.75, 3.05) is 18.4 Å². The number of rotatable bonds is 5. The molecule has 0 saturated carbocycles. The number of carbonyl (C=O) groups is 1. The van der Waals surface area contributed by atoms with E-state index in [1.54, 1.807) is 11.3 Å². The molecule has 3 heterocycles. The molecule has 2 N–H and O–H groups in total. The number of imidazole rings is 1. The van der Waals surface area contributed by atoms with Gasteiger partial charge in [-0.2, -0.15) is 0 Å². The Morgan fingerprint density at radius 1 is 1.20 bits per heavy atom. The number of fused-ring (bicyclic) bond motifs is 1. The van der Waals surface area contributed by atoms with Crippen LogP contribution in [0, 0.1) is 5.92 Å². The number of hydrogen-bond acceptors (Lipinski definition) is 5. The molecule has 2 aromatic carbocycles. The molecule has 1 aliphatic heterocycles. The summed E-state index contributed by atoms with van der Waals surface area (Å²) in [5.41, 5.74) is 3.78.